The molecular weight excluding hydrogens is 178 g/mol. The van der Waals surface area contributed by atoms with Gasteiger partial charge >= 0.3 is 0 Å². The maximum absolute atomic E-state index is 9.40. The Morgan fingerprint density at radius 3 is 2.57 bits per heavy atom. The molecule has 1 N–H and O–H groups in total. The summed E-state index contributed by atoms with van der Waals surface area (Å²) in [6.07, 6.45) is 0. The fourth-order valence-corrected chi connectivity index (χ4v) is 1.82. The molecule has 1 rings (SSSR count). The molecule has 1 fully saturated rings. The van der Waals surface area contributed by atoms with Crippen molar-refractivity contribution in [3.05, 3.63) is 0 Å². The van der Waals surface area contributed by atoms with Crippen LogP contribution in [-0.2, 0) is 4.74 Å². The molecule has 0 aliphatic carbocycles. The predicted molar refractivity (Wildman–Crippen MR) is 57.3 cm³/mol. The Labute approximate surface area is 87.1 Å². The molecule has 1 aliphatic heterocycles. The van der Waals surface area contributed by atoms with Gasteiger partial charge in [0.05, 0.1) is 25.4 Å². The molecule has 0 bridgehead atoms. The maximum Gasteiger partial charge on any atom is 0.0670 e. The van der Waals surface area contributed by atoms with Crippen molar-refractivity contribution in [3.8, 4) is 0 Å². The normalized spacial score (nSPS) is 30.6. The summed E-state index contributed by atoms with van der Waals surface area (Å²) in [7, 11) is 0. The third-order valence-electron chi connectivity index (χ3n) is 2.69. The van der Waals surface area contributed by atoms with Gasteiger partial charge in [-0.2, -0.15) is 0 Å². The lowest BCUT2D eigenvalue weighted by atomic mass is 9.91. The highest BCUT2D eigenvalue weighted by Crippen LogP contribution is 2.24. The first kappa shape index (κ1) is 12.0. The van der Waals surface area contributed by atoms with Crippen LogP contribution in [0.25, 0.3) is 0 Å². The molecule has 3 nitrogen and oxygen atoms in total. The monoisotopic (exact) mass is 201 g/mol. The molecule has 0 radical (unpaired) electrons. The lowest BCUT2D eigenvalue weighted by Crippen LogP contribution is -2.59. The Bertz CT molecular complexity index is 188. The zero-order valence-electron chi connectivity index (χ0n) is 9.84. The highest BCUT2D eigenvalue weighted by Gasteiger charge is 2.36. The predicted octanol–water partition coefficient (Wildman–Crippen LogP) is 1.12. The van der Waals surface area contributed by atoms with E-state index in [9.17, 15) is 5.11 Å². The minimum atomic E-state index is -0.189. The van der Waals surface area contributed by atoms with E-state index >= 15 is 0 Å². The molecule has 1 atom stereocenters. The van der Waals surface area contributed by atoms with Gasteiger partial charge < -0.3 is 9.84 Å². The van der Waals surface area contributed by atoms with E-state index in [1.807, 2.05) is 0 Å². The number of hydrogen-bond donors (Lipinski definition) is 1. The standard InChI is InChI=1S/C11H23NO2/c1-10(2,3)7-12-5-6-14-9-11(12,4)8-13/h13H,5-9H2,1-4H3. The van der Waals surface area contributed by atoms with E-state index in [-0.39, 0.29) is 17.6 Å². The highest BCUT2D eigenvalue weighted by molar-refractivity contribution is 4.90. The van der Waals surface area contributed by atoms with Gasteiger partial charge in [0, 0.05) is 13.1 Å². The van der Waals surface area contributed by atoms with Crippen LogP contribution < -0.4 is 0 Å². The number of morpholine rings is 1. The van der Waals surface area contributed by atoms with Crippen molar-refractivity contribution in [2.24, 2.45) is 5.41 Å². The Balaban J connectivity index is 2.64. The minimum absolute atomic E-state index is 0.170. The quantitative estimate of drug-likeness (QED) is 0.726. The van der Waals surface area contributed by atoms with Crippen molar-refractivity contribution in [1.82, 2.24) is 4.90 Å². The van der Waals surface area contributed by atoms with Crippen LogP contribution in [0.15, 0.2) is 0 Å². The molecular formula is C11H23NO2. The summed E-state index contributed by atoms with van der Waals surface area (Å²) in [4.78, 5) is 2.34. The number of nitrogens with zero attached hydrogens (tertiary/aromatic N) is 1. The zero-order valence-corrected chi connectivity index (χ0v) is 9.84. The Kier molecular flexibility index (Phi) is 3.56. The van der Waals surface area contributed by atoms with Crippen LogP contribution in [0.4, 0.5) is 0 Å². The average Bonchev–Trinajstić information content (AvgIpc) is 2.07. The van der Waals surface area contributed by atoms with Crippen molar-refractivity contribution in [1.29, 1.82) is 0 Å². The first-order valence-corrected chi connectivity index (χ1v) is 5.31. The van der Waals surface area contributed by atoms with Gasteiger partial charge in [-0.05, 0) is 12.3 Å². The number of hydrogen-bond acceptors (Lipinski definition) is 3. The number of aliphatic hydroxyl groups is 1. The minimum Gasteiger partial charge on any atom is -0.394 e. The second-order valence-corrected chi connectivity index (χ2v) is 5.69. The molecule has 0 aromatic heterocycles. The Hall–Kier alpha value is -0.120. The summed E-state index contributed by atoms with van der Waals surface area (Å²) in [6, 6.07) is 0. The number of rotatable bonds is 2. The molecule has 0 aromatic rings. The molecule has 84 valence electrons. The highest BCUT2D eigenvalue weighted by atomic mass is 16.5. The molecule has 1 unspecified atom stereocenters. The molecule has 0 amide bonds. The van der Waals surface area contributed by atoms with Gasteiger partial charge in [0.15, 0.2) is 0 Å². The van der Waals surface area contributed by atoms with E-state index in [0.29, 0.717) is 6.61 Å². The smallest absolute Gasteiger partial charge is 0.0670 e. The van der Waals surface area contributed by atoms with Gasteiger partial charge in [-0.1, -0.05) is 20.8 Å². The van der Waals surface area contributed by atoms with Gasteiger partial charge in [-0.3, -0.25) is 4.90 Å². The second kappa shape index (κ2) is 4.17. The van der Waals surface area contributed by atoms with Crippen molar-refractivity contribution < 1.29 is 9.84 Å². The fraction of sp³-hybridized carbons (Fsp3) is 1.00. The number of aliphatic hydroxyl groups excluding tert-OH is 1. The van der Waals surface area contributed by atoms with Gasteiger partial charge in [0.25, 0.3) is 0 Å². The molecule has 1 saturated heterocycles. The van der Waals surface area contributed by atoms with Crippen LogP contribution in [0.2, 0.25) is 0 Å². The lowest BCUT2D eigenvalue weighted by Gasteiger charge is -2.46. The summed E-state index contributed by atoms with van der Waals surface area (Å²) in [5.74, 6) is 0. The van der Waals surface area contributed by atoms with E-state index < -0.39 is 0 Å². The number of ether oxygens (including phenoxy) is 1. The van der Waals surface area contributed by atoms with Crippen LogP contribution >= 0.6 is 0 Å². The van der Waals surface area contributed by atoms with E-state index in [1.165, 1.54) is 0 Å². The summed E-state index contributed by atoms with van der Waals surface area (Å²) < 4.78 is 5.42. The molecule has 14 heavy (non-hydrogen) atoms. The van der Waals surface area contributed by atoms with Gasteiger partial charge in [-0.25, -0.2) is 0 Å². The summed E-state index contributed by atoms with van der Waals surface area (Å²) in [5.41, 5.74) is 0.0826. The zero-order chi connectivity index (χ0) is 10.8. The van der Waals surface area contributed by atoms with Crippen molar-refractivity contribution in [2.45, 2.75) is 33.2 Å². The molecule has 0 saturated carbocycles. The molecule has 1 heterocycles. The van der Waals surface area contributed by atoms with Gasteiger partial charge in [-0.15, -0.1) is 0 Å². The first-order chi connectivity index (χ1) is 6.37. The van der Waals surface area contributed by atoms with Crippen LogP contribution in [0.5, 0.6) is 0 Å². The second-order valence-electron chi connectivity index (χ2n) is 5.69. The van der Waals surface area contributed by atoms with Crippen LogP contribution in [-0.4, -0.2) is 48.5 Å². The van der Waals surface area contributed by atoms with Crippen molar-refractivity contribution in [3.63, 3.8) is 0 Å². The van der Waals surface area contributed by atoms with Crippen molar-refractivity contribution >= 4 is 0 Å². The Morgan fingerprint density at radius 1 is 1.43 bits per heavy atom. The van der Waals surface area contributed by atoms with Crippen molar-refractivity contribution in [2.75, 3.05) is 32.9 Å². The summed E-state index contributed by atoms with van der Waals surface area (Å²) in [6.45, 7) is 12.3. The van der Waals surface area contributed by atoms with E-state index in [0.717, 1.165) is 19.7 Å². The largest absolute Gasteiger partial charge is 0.394 e. The lowest BCUT2D eigenvalue weighted by molar-refractivity contribution is -0.0923. The van der Waals surface area contributed by atoms with Gasteiger partial charge in [0.1, 0.15) is 0 Å². The maximum atomic E-state index is 9.40. The van der Waals surface area contributed by atoms with E-state index in [1.54, 1.807) is 0 Å². The van der Waals surface area contributed by atoms with Crippen LogP contribution in [0.3, 0.4) is 0 Å². The summed E-state index contributed by atoms with van der Waals surface area (Å²) in [5, 5.41) is 9.40. The van der Waals surface area contributed by atoms with Crippen LogP contribution in [0, 0.1) is 5.41 Å². The molecule has 0 spiro atoms. The third-order valence-corrected chi connectivity index (χ3v) is 2.69. The van der Waals surface area contributed by atoms with Gasteiger partial charge in [0.2, 0.25) is 0 Å². The van der Waals surface area contributed by atoms with Crippen LogP contribution in [0.1, 0.15) is 27.7 Å². The van der Waals surface area contributed by atoms with E-state index in [2.05, 4.69) is 32.6 Å². The topological polar surface area (TPSA) is 32.7 Å². The third kappa shape index (κ3) is 2.94. The SMILES string of the molecule is CC(C)(C)CN1CCOCC1(C)CO. The Morgan fingerprint density at radius 2 is 2.07 bits per heavy atom. The molecule has 1 aliphatic rings. The summed E-state index contributed by atoms with van der Waals surface area (Å²) >= 11 is 0. The molecule has 0 aromatic carbocycles. The average molecular weight is 201 g/mol. The van der Waals surface area contributed by atoms with E-state index in [4.69, 9.17) is 4.74 Å². The first-order valence-electron chi connectivity index (χ1n) is 5.31. The molecule has 3 heteroatoms. The fourth-order valence-electron chi connectivity index (χ4n) is 1.82.